The van der Waals surface area contributed by atoms with Crippen molar-refractivity contribution in [3.8, 4) is 5.75 Å². The van der Waals surface area contributed by atoms with Gasteiger partial charge in [0.1, 0.15) is 18.6 Å². The van der Waals surface area contributed by atoms with Crippen LogP contribution in [0, 0.1) is 0 Å². The van der Waals surface area contributed by atoms with Crippen molar-refractivity contribution in [1.82, 2.24) is 0 Å². The minimum absolute atomic E-state index is 0.0296. The predicted molar refractivity (Wildman–Crippen MR) is 106 cm³/mol. The number of hydrogen-bond donors (Lipinski definition) is 1. The highest BCUT2D eigenvalue weighted by Gasteiger charge is 2.43. The lowest BCUT2D eigenvalue weighted by Gasteiger charge is -2.26. The summed E-state index contributed by atoms with van der Waals surface area (Å²) in [5.41, 5.74) is 2.94. The lowest BCUT2D eigenvalue weighted by molar-refractivity contribution is -0.750. The van der Waals surface area contributed by atoms with Gasteiger partial charge in [0.05, 0.1) is 18.0 Å². The maximum absolute atomic E-state index is 6.64. The molecular weight excluding hydrogens is 344 g/mol. The molecule has 5 nitrogen and oxygen atoms in total. The lowest BCUT2D eigenvalue weighted by Crippen LogP contribution is -2.53. The highest BCUT2D eigenvalue weighted by Crippen LogP contribution is 2.35. The minimum Gasteiger partial charge on any atom is -0.489 e. The van der Waals surface area contributed by atoms with Crippen LogP contribution in [0.2, 0.25) is 0 Å². The minimum atomic E-state index is 0.0296. The van der Waals surface area contributed by atoms with E-state index in [0.717, 1.165) is 33.4 Å². The quantitative estimate of drug-likeness (QED) is 0.649. The molecule has 2 aromatic rings. The van der Waals surface area contributed by atoms with Crippen LogP contribution in [0.4, 0.5) is 0 Å². The monoisotopic (exact) mass is 363 g/mol. The molecule has 0 bridgehead atoms. The number of quaternary nitrogens is 1. The molecule has 0 aromatic heterocycles. The SMILES string of the molecule is CSC1=C2C=NC=C[N+]2(N)C(c2cccc(OCc3ccccc3)c2)=N1. The van der Waals surface area contributed by atoms with E-state index in [9.17, 15) is 0 Å². The van der Waals surface area contributed by atoms with E-state index in [1.807, 2.05) is 67.1 Å². The first-order chi connectivity index (χ1) is 12.7. The summed E-state index contributed by atoms with van der Waals surface area (Å²) in [7, 11) is 0. The zero-order valence-electron chi connectivity index (χ0n) is 14.4. The Kier molecular flexibility index (Phi) is 4.46. The number of rotatable bonds is 5. The molecule has 6 heteroatoms. The molecule has 2 aliphatic heterocycles. The summed E-state index contributed by atoms with van der Waals surface area (Å²) in [4.78, 5) is 8.96. The molecule has 0 spiro atoms. The van der Waals surface area contributed by atoms with Gasteiger partial charge in [-0.05, 0) is 30.0 Å². The molecule has 0 fully saturated rings. The summed E-state index contributed by atoms with van der Waals surface area (Å²) >= 11 is 1.57. The summed E-state index contributed by atoms with van der Waals surface area (Å²) in [5.74, 6) is 8.19. The summed E-state index contributed by atoms with van der Waals surface area (Å²) in [6, 6.07) is 18.0. The van der Waals surface area contributed by atoms with Crippen LogP contribution in [-0.4, -0.2) is 22.9 Å². The van der Waals surface area contributed by atoms with E-state index in [1.165, 1.54) is 0 Å². The Morgan fingerprint density at radius 3 is 2.77 bits per heavy atom. The Bertz CT molecular complexity index is 949. The molecule has 0 aliphatic carbocycles. The lowest BCUT2D eigenvalue weighted by atomic mass is 10.1. The van der Waals surface area contributed by atoms with Crippen LogP contribution in [0.5, 0.6) is 5.75 Å². The number of amidine groups is 1. The van der Waals surface area contributed by atoms with E-state index in [1.54, 1.807) is 24.2 Å². The number of ether oxygens (including phenoxy) is 1. The second-order valence-corrected chi connectivity index (χ2v) is 6.78. The van der Waals surface area contributed by atoms with Crippen LogP contribution in [0.25, 0.3) is 0 Å². The Labute approximate surface area is 156 Å². The highest BCUT2D eigenvalue weighted by molar-refractivity contribution is 8.02. The van der Waals surface area contributed by atoms with E-state index in [-0.39, 0.29) is 4.59 Å². The van der Waals surface area contributed by atoms with Crippen molar-refractivity contribution < 1.29 is 9.33 Å². The highest BCUT2D eigenvalue weighted by atomic mass is 32.2. The van der Waals surface area contributed by atoms with Gasteiger partial charge in [0, 0.05) is 0 Å². The van der Waals surface area contributed by atoms with Crippen molar-refractivity contribution in [2.45, 2.75) is 6.61 Å². The van der Waals surface area contributed by atoms with Crippen LogP contribution in [-0.2, 0) is 6.61 Å². The molecule has 2 heterocycles. The van der Waals surface area contributed by atoms with Crippen molar-refractivity contribution in [1.29, 1.82) is 0 Å². The fourth-order valence-corrected chi connectivity index (χ4v) is 3.55. The topological polar surface area (TPSA) is 60.0 Å². The number of aliphatic imine (C=N–C) groups is 2. The van der Waals surface area contributed by atoms with Gasteiger partial charge in [0.25, 0.3) is 5.84 Å². The van der Waals surface area contributed by atoms with E-state index >= 15 is 0 Å². The number of thioether (sulfide) groups is 1. The average Bonchev–Trinajstić information content (AvgIpc) is 3.00. The van der Waals surface area contributed by atoms with Gasteiger partial charge in [-0.15, -0.1) is 16.4 Å². The smallest absolute Gasteiger partial charge is 0.265 e. The standard InChI is InChI=1S/C20H19N4OS/c1-26-20-18-13-22-10-11-24(18,21)19(23-20)16-8-5-9-17(12-16)25-14-15-6-3-2-4-7-15/h2-13H,14,21H2,1H3/q+1. The normalized spacial score (nSPS) is 20.9. The molecule has 0 radical (unpaired) electrons. The molecule has 1 unspecified atom stereocenters. The summed E-state index contributed by atoms with van der Waals surface area (Å²) in [5, 5.41) is 0.881. The second kappa shape index (κ2) is 6.92. The first-order valence-electron chi connectivity index (χ1n) is 8.24. The van der Waals surface area contributed by atoms with Crippen molar-refractivity contribution >= 4 is 23.8 Å². The van der Waals surface area contributed by atoms with Gasteiger partial charge < -0.3 is 4.74 Å². The maximum atomic E-state index is 6.64. The largest absolute Gasteiger partial charge is 0.489 e. The first-order valence-corrected chi connectivity index (χ1v) is 9.46. The molecule has 0 saturated heterocycles. The fourth-order valence-electron chi connectivity index (χ4n) is 2.96. The average molecular weight is 363 g/mol. The number of allylic oxidation sites excluding steroid dienone is 1. The van der Waals surface area contributed by atoms with Gasteiger partial charge in [0.2, 0.25) is 5.70 Å². The van der Waals surface area contributed by atoms with Gasteiger partial charge in [-0.2, -0.15) is 10.8 Å². The molecule has 0 amide bonds. The number of hydrogen-bond acceptors (Lipinski definition) is 5. The van der Waals surface area contributed by atoms with E-state index in [2.05, 4.69) is 4.99 Å². The van der Waals surface area contributed by atoms with Gasteiger partial charge >= 0.3 is 0 Å². The number of nitrogens with two attached hydrogens (primary N) is 1. The third-order valence-electron chi connectivity index (χ3n) is 4.29. The van der Waals surface area contributed by atoms with Crippen LogP contribution < -0.4 is 10.6 Å². The number of nitrogens with zero attached hydrogens (tertiary/aromatic N) is 3. The van der Waals surface area contributed by atoms with Gasteiger partial charge in [0.15, 0.2) is 5.03 Å². The van der Waals surface area contributed by atoms with Crippen LogP contribution in [0.3, 0.4) is 0 Å². The molecular formula is C20H19N4OS+. The maximum Gasteiger partial charge on any atom is 0.265 e. The number of benzene rings is 2. The zero-order chi connectivity index (χ0) is 18.0. The molecule has 1 atom stereocenters. The Morgan fingerprint density at radius 2 is 1.96 bits per heavy atom. The molecule has 2 N–H and O–H groups in total. The number of fused-ring (bicyclic) bond motifs is 1. The summed E-state index contributed by atoms with van der Waals surface area (Å²) in [6.07, 6.45) is 7.32. The predicted octanol–water partition coefficient (Wildman–Crippen LogP) is 3.80. The third-order valence-corrected chi connectivity index (χ3v) is 4.98. The molecule has 4 rings (SSSR count). The van der Waals surface area contributed by atoms with E-state index in [4.69, 9.17) is 15.6 Å². The van der Waals surface area contributed by atoms with Crippen LogP contribution in [0.15, 0.2) is 87.7 Å². The van der Waals surface area contributed by atoms with Crippen molar-refractivity contribution in [3.63, 3.8) is 0 Å². The summed E-state index contributed by atoms with van der Waals surface area (Å²) in [6.45, 7) is 0.519. The Balaban J connectivity index is 1.61. The Morgan fingerprint density at radius 1 is 1.12 bits per heavy atom. The van der Waals surface area contributed by atoms with Crippen LogP contribution >= 0.6 is 11.8 Å². The fraction of sp³-hybridized carbons (Fsp3) is 0.100. The van der Waals surface area contributed by atoms with Crippen molar-refractivity contribution in [2.75, 3.05) is 6.26 Å². The van der Waals surface area contributed by atoms with Gasteiger partial charge in [-0.3, -0.25) is 4.99 Å². The van der Waals surface area contributed by atoms with Crippen molar-refractivity contribution in [2.24, 2.45) is 15.8 Å². The molecule has 26 heavy (non-hydrogen) atoms. The van der Waals surface area contributed by atoms with Gasteiger partial charge in [-0.1, -0.05) is 36.4 Å². The molecule has 2 aromatic carbocycles. The van der Waals surface area contributed by atoms with E-state index in [0.29, 0.717) is 6.61 Å². The second-order valence-electron chi connectivity index (χ2n) is 5.99. The first kappa shape index (κ1) is 16.8. The molecule has 0 saturated carbocycles. The third kappa shape index (κ3) is 2.99. The molecule has 130 valence electrons. The van der Waals surface area contributed by atoms with Gasteiger partial charge in [-0.25, -0.2) is 0 Å². The molecule has 2 aliphatic rings. The van der Waals surface area contributed by atoms with Crippen molar-refractivity contribution in [3.05, 3.63) is 88.9 Å². The van der Waals surface area contributed by atoms with Crippen LogP contribution in [0.1, 0.15) is 11.1 Å². The zero-order valence-corrected chi connectivity index (χ0v) is 15.2. The van der Waals surface area contributed by atoms with E-state index < -0.39 is 0 Å². The Hall–Kier alpha value is -2.67. The summed E-state index contributed by atoms with van der Waals surface area (Å²) < 4.78 is 5.98.